The molecule has 0 saturated carbocycles. The predicted molar refractivity (Wildman–Crippen MR) is 80.8 cm³/mol. The fourth-order valence-electron chi connectivity index (χ4n) is 2.42. The van der Waals surface area contributed by atoms with Crippen LogP contribution in [0.1, 0.15) is 17.3 Å². The number of carbonyl (C=O) groups excluding carboxylic acids is 1. The van der Waals surface area contributed by atoms with Crippen molar-refractivity contribution in [2.75, 3.05) is 39.9 Å². The molecule has 2 rings (SSSR count). The summed E-state index contributed by atoms with van der Waals surface area (Å²) in [6.07, 6.45) is 3.30. The molecule has 0 spiro atoms. The van der Waals surface area contributed by atoms with Crippen molar-refractivity contribution in [3.8, 4) is 0 Å². The Morgan fingerprint density at radius 2 is 2.10 bits per heavy atom. The number of carbonyl (C=O) groups is 1. The molecule has 1 atom stereocenters. The second kappa shape index (κ2) is 7.15. The summed E-state index contributed by atoms with van der Waals surface area (Å²) in [4.78, 5) is 20.7. The minimum Gasteiger partial charge on any atom is -0.383 e. The van der Waals surface area contributed by atoms with E-state index in [0.717, 1.165) is 37.3 Å². The van der Waals surface area contributed by atoms with Crippen LogP contribution in [0.2, 0.25) is 0 Å². The molecule has 2 heterocycles. The number of aromatic nitrogens is 1. The largest absolute Gasteiger partial charge is 0.383 e. The lowest BCUT2D eigenvalue weighted by atomic mass is 10.2. The Bertz CT molecular complexity index is 461. The van der Waals surface area contributed by atoms with Crippen LogP contribution < -0.4 is 0 Å². The summed E-state index contributed by atoms with van der Waals surface area (Å²) < 4.78 is 6.01. The van der Waals surface area contributed by atoms with Crippen molar-refractivity contribution < 1.29 is 9.53 Å². The van der Waals surface area contributed by atoms with Gasteiger partial charge in [0.05, 0.1) is 12.2 Å². The summed E-state index contributed by atoms with van der Waals surface area (Å²) in [7, 11) is 1.72. The van der Waals surface area contributed by atoms with E-state index in [1.807, 2.05) is 11.0 Å². The SMILES string of the molecule is COCC(C)N1CCN(C(=O)c2cncc(Br)c2)CC1. The summed E-state index contributed by atoms with van der Waals surface area (Å²) in [5.41, 5.74) is 0.637. The van der Waals surface area contributed by atoms with E-state index in [2.05, 4.69) is 32.7 Å². The van der Waals surface area contributed by atoms with Crippen molar-refractivity contribution in [3.05, 3.63) is 28.5 Å². The zero-order valence-corrected chi connectivity index (χ0v) is 13.5. The van der Waals surface area contributed by atoms with Crippen molar-refractivity contribution in [3.63, 3.8) is 0 Å². The van der Waals surface area contributed by atoms with Gasteiger partial charge in [0.1, 0.15) is 0 Å². The first-order chi connectivity index (χ1) is 9.61. The van der Waals surface area contributed by atoms with Gasteiger partial charge in [0.15, 0.2) is 0 Å². The summed E-state index contributed by atoms with van der Waals surface area (Å²) in [6, 6.07) is 2.21. The van der Waals surface area contributed by atoms with Crippen LogP contribution in [0.4, 0.5) is 0 Å². The maximum Gasteiger partial charge on any atom is 0.255 e. The van der Waals surface area contributed by atoms with E-state index in [0.29, 0.717) is 11.6 Å². The number of halogens is 1. The Balaban J connectivity index is 1.92. The maximum absolute atomic E-state index is 12.4. The van der Waals surface area contributed by atoms with E-state index in [-0.39, 0.29) is 5.91 Å². The Morgan fingerprint density at radius 3 is 2.70 bits per heavy atom. The van der Waals surface area contributed by atoms with Gasteiger partial charge in [0.25, 0.3) is 5.91 Å². The van der Waals surface area contributed by atoms with Gasteiger partial charge in [0.2, 0.25) is 0 Å². The second-order valence-corrected chi connectivity index (χ2v) is 5.94. The van der Waals surface area contributed by atoms with E-state index in [1.165, 1.54) is 0 Å². The number of piperazine rings is 1. The lowest BCUT2D eigenvalue weighted by Crippen LogP contribution is -2.52. The molecule has 20 heavy (non-hydrogen) atoms. The van der Waals surface area contributed by atoms with Gasteiger partial charge in [0, 0.05) is 56.2 Å². The lowest BCUT2D eigenvalue weighted by molar-refractivity contribution is 0.0448. The average Bonchev–Trinajstić information content (AvgIpc) is 2.47. The van der Waals surface area contributed by atoms with Gasteiger partial charge in [-0.1, -0.05) is 0 Å². The number of pyridine rings is 1. The molecule has 0 bridgehead atoms. The maximum atomic E-state index is 12.4. The van der Waals surface area contributed by atoms with Gasteiger partial charge in [-0.15, -0.1) is 0 Å². The van der Waals surface area contributed by atoms with Crippen molar-refractivity contribution in [2.24, 2.45) is 0 Å². The van der Waals surface area contributed by atoms with Crippen LogP contribution in [0.5, 0.6) is 0 Å². The molecule has 0 aromatic carbocycles. The molecule has 1 fully saturated rings. The first kappa shape index (κ1) is 15.4. The van der Waals surface area contributed by atoms with Crippen LogP contribution in [0.25, 0.3) is 0 Å². The monoisotopic (exact) mass is 341 g/mol. The summed E-state index contributed by atoms with van der Waals surface area (Å²) in [5, 5.41) is 0. The van der Waals surface area contributed by atoms with Crippen LogP contribution in [0.3, 0.4) is 0 Å². The minimum atomic E-state index is 0.0536. The normalized spacial score (nSPS) is 18.1. The third kappa shape index (κ3) is 3.77. The molecule has 6 heteroatoms. The van der Waals surface area contributed by atoms with Gasteiger partial charge >= 0.3 is 0 Å². The summed E-state index contributed by atoms with van der Waals surface area (Å²) in [6.45, 7) is 6.15. The molecule has 1 aromatic heterocycles. The number of ether oxygens (including phenoxy) is 1. The van der Waals surface area contributed by atoms with Gasteiger partial charge in [-0.05, 0) is 28.9 Å². The van der Waals surface area contributed by atoms with Crippen molar-refractivity contribution in [1.82, 2.24) is 14.8 Å². The van der Waals surface area contributed by atoms with E-state index < -0.39 is 0 Å². The first-order valence-electron chi connectivity index (χ1n) is 6.74. The third-order valence-corrected chi connectivity index (χ3v) is 4.02. The highest BCUT2D eigenvalue weighted by atomic mass is 79.9. The fraction of sp³-hybridized carbons (Fsp3) is 0.571. The Kier molecular flexibility index (Phi) is 5.51. The number of nitrogens with zero attached hydrogens (tertiary/aromatic N) is 3. The van der Waals surface area contributed by atoms with Gasteiger partial charge in [-0.2, -0.15) is 0 Å². The second-order valence-electron chi connectivity index (χ2n) is 5.02. The Labute approximate surface area is 128 Å². The van der Waals surface area contributed by atoms with Crippen molar-refractivity contribution in [1.29, 1.82) is 0 Å². The predicted octanol–water partition coefficient (Wildman–Crippen LogP) is 1.64. The standard InChI is InChI=1S/C14H20BrN3O2/c1-11(10-20-2)17-3-5-18(6-4-17)14(19)12-7-13(15)9-16-8-12/h7-9,11H,3-6,10H2,1-2H3. The fourth-order valence-corrected chi connectivity index (χ4v) is 2.79. The molecule has 0 N–H and O–H groups in total. The minimum absolute atomic E-state index is 0.0536. The van der Waals surface area contributed by atoms with E-state index >= 15 is 0 Å². The zero-order valence-electron chi connectivity index (χ0n) is 11.9. The molecule has 1 aliphatic rings. The summed E-state index contributed by atoms with van der Waals surface area (Å²) in [5.74, 6) is 0.0536. The lowest BCUT2D eigenvalue weighted by Gasteiger charge is -2.37. The molecule has 0 radical (unpaired) electrons. The quantitative estimate of drug-likeness (QED) is 0.835. The molecular formula is C14H20BrN3O2. The highest BCUT2D eigenvalue weighted by Crippen LogP contribution is 2.14. The van der Waals surface area contributed by atoms with Crippen molar-refractivity contribution >= 4 is 21.8 Å². The van der Waals surface area contributed by atoms with Gasteiger partial charge < -0.3 is 9.64 Å². The molecule has 0 aliphatic carbocycles. The number of rotatable bonds is 4. The van der Waals surface area contributed by atoms with Gasteiger partial charge in [-0.25, -0.2) is 0 Å². The first-order valence-corrected chi connectivity index (χ1v) is 7.54. The van der Waals surface area contributed by atoms with E-state index in [4.69, 9.17) is 4.74 Å². The Morgan fingerprint density at radius 1 is 1.40 bits per heavy atom. The van der Waals surface area contributed by atoms with Gasteiger partial charge in [-0.3, -0.25) is 14.7 Å². The molecular weight excluding hydrogens is 322 g/mol. The average molecular weight is 342 g/mol. The number of hydrogen-bond acceptors (Lipinski definition) is 4. The van der Waals surface area contributed by atoms with Crippen LogP contribution in [-0.2, 0) is 4.74 Å². The Hall–Kier alpha value is -0.980. The molecule has 110 valence electrons. The highest BCUT2D eigenvalue weighted by Gasteiger charge is 2.24. The third-order valence-electron chi connectivity index (χ3n) is 3.58. The van der Waals surface area contributed by atoms with Crippen LogP contribution >= 0.6 is 15.9 Å². The van der Waals surface area contributed by atoms with E-state index in [9.17, 15) is 4.79 Å². The molecule has 1 aromatic rings. The smallest absolute Gasteiger partial charge is 0.255 e. The molecule has 1 unspecified atom stereocenters. The summed E-state index contributed by atoms with van der Waals surface area (Å²) >= 11 is 3.34. The van der Waals surface area contributed by atoms with Crippen molar-refractivity contribution in [2.45, 2.75) is 13.0 Å². The molecule has 1 saturated heterocycles. The molecule has 1 amide bonds. The van der Waals surface area contributed by atoms with Crippen LogP contribution in [0, 0.1) is 0 Å². The topological polar surface area (TPSA) is 45.7 Å². The molecule has 1 aliphatic heterocycles. The number of methoxy groups -OCH3 is 1. The highest BCUT2D eigenvalue weighted by molar-refractivity contribution is 9.10. The van der Waals surface area contributed by atoms with Crippen LogP contribution in [-0.4, -0.2) is 66.6 Å². The molecule has 5 nitrogen and oxygen atoms in total. The zero-order chi connectivity index (χ0) is 14.5. The number of hydrogen-bond donors (Lipinski definition) is 0. The number of amides is 1. The van der Waals surface area contributed by atoms with E-state index in [1.54, 1.807) is 19.5 Å². The van der Waals surface area contributed by atoms with Crippen LogP contribution in [0.15, 0.2) is 22.9 Å².